The third-order valence-electron chi connectivity index (χ3n) is 3.92. The fraction of sp³-hybridized carbons (Fsp3) is 0.222. The van der Waals surface area contributed by atoms with Gasteiger partial charge in [0.15, 0.2) is 11.5 Å². The molecule has 0 aliphatic rings. The molecule has 0 bridgehead atoms. The number of hydrogen-bond donors (Lipinski definition) is 2. The van der Waals surface area contributed by atoms with E-state index in [4.69, 9.17) is 19.7 Å². The van der Waals surface area contributed by atoms with E-state index in [9.17, 15) is 4.79 Å². The van der Waals surface area contributed by atoms with Gasteiger partial charge < -0.3 is 25.0 Å². The second-order valence-corrected chi connectivity index (χ2v) is 6.49. The molecule has 0 aliphatic carbocycles. The number of nitrogens with zero attached hydrogens (tertiary/aromatic N) is 1. The summed E-state index contributed by atoms with van der Waals surface area (Å²) in [7, 11) is 3.13. The molecule has 7 nitrogen and oxygen atoms in total. The van der Waals surface area contributed by atoms with Crippen LogP contribution in [0, 0.1) is 6.92 Å². The van der Waals surface area contributed by atoms with Crippen molar-refractivity contribution >= 4 is 23.1 Å². The van der Waals surface area contributed by atoms with E-state index < -0.39 is 0 Å². The fourth-order valence-corrected chi connectivity index (χ4v) is 3.47. The van der Waals surface area contributed by atoms with Gasteiger partial charge in [0, 0.05) is 6.54 Å². The van der Waals surface area contributed by atoms with Gasteiger partial charge in [0.25, 0.3) is 5.91 Å². The maximum Gasteiger partial charge on any atom is 0.259 e. The molecule has 0 unspecified atom stereocenters. The summed E-state index contributed by atoms with van der Waals surface area (Å²) < 4.78 is 15.5. The number of anilines is 1. The predicted molar refractivity (Wildman–Crippen MR) is 99.7 cm³/mol. The van der Waals surface area contributed by atoms with E-state index in [2.05, 4.69) is 10.5 Å². The van der Waals surface area contributed by atoms with Crippen molar-refractivity contribution < 1.29 is 18.8 Å². The topological polar surface area (TPSA) is 99.6 Å². The van der Waals surface area contributed by atoms with Crippen LogP contribution >= 0.6 is 11.3 Å². The smallest absolute Gasteiger partial charge is 0.259 e. The average molecular weight is 373 g/mol. The number of nitrogens with one attached hydrogen (secondary N) is 1. The summed E-state index contributed by atoms with van der Waals surface area (Å²) in [6.45, 7) is 2.24. The van der Waals surface area contributed by atoms with Crippen molar-refractivity contribution in [3.8, 4) is 22.1 Å². The van der Waals surface area contributed by atoms with Gasteiger partial charge in [0.1, 0.15) is 11.3 Å². The van der Waals surface area contributed by atoms with Crippen LogP contribution in [-0.4, -0.2) is 25.3 Å². The van der Waals surface area contributed by atoms with Gasteiger partial charge in [-0.1, -0.05) is 11.2 Å². The molecule has 136 valence electrons. The third kappa shape index (κ3) is 3.36. The molecule has 2 aromatic heterocycles. The second kappa shape index (κ2) is 7.49. The molecule has 3 rings (SSSR count). The first-order chi connectivity index (χ1) is 12.5. The maximum absolute atomic E-state index is 12.7. The first-order valence-corrected chi connectivity index (χ1v) is 8.71. The highest BCUT2D eigenvalue weighted by atomic mass is 32.1. The first-order valence-electron chi connectivity index (χ1n) is 7.83. The lowest BCUT2D eigenvalue weighted by Crippen LogP contribution is -2.23. The summed E-state index contributed by atoms with van der Waals surface area (Å²) in [4.78, 5) is 13.5. The quantitative estimate of drug-likeness (QED) is 0.688. The average Bonchev–Trinajstić information content (AvgIpc) is 3.24. The van der Waals surface area contributed by atoms with Crippen molar-refractivity contribution in [3.05, 3.63) is 46.3 Å². The summed E-state index contributed by atoms with van der Waals surface area (Å²) in [5, 5.41) is 8.73. The van der Waals surface area contributed by atoms with Gasteiger partial charge in [-0.05, 0) is 41.6 Å². The van der Waals surface area contributed by atoms with Crippen molar-refractivity contribution in [2.75, 3.05) is 20.0 Å². The van der Waals surface area contributed by atoms with Crippen molar-refractivity contribution in [1.82, 2.24) is 10.5 Å². The molecule has 0 atom stereocenters. The molecule has 1 amide bonds. The van der Waals surface area contributed by atoms with Crippen molar-refractivity contribution in [2.24, 2.45) is 0 Å². The van der Waals surface area contributed by atoms with Crippen LogP contribution < -0.4 is 20.5 Å². The highest BCUT2D eigenvalue weighted by Crippen LogP contribution is 2.33. The zero-order chi connectivity index (χ0) is 18.7. The number of ether oxygens (including phenoxy) is 2. The predicted octanol–water partition coefficient (Wildman–Crippen LogP) is 3.24. The van der Waals surface area contributed by atoms with Gasteiger partial charge in [-0.3, -0.25) is 4.79 Å². The number of carbonyl (C=O) groups is 1. The van der Waals surface area contributed by atoms with Crippen LogP contribution in [0.2, 0.25) is 0 Å². The van der Waals surface area contributed by atoms with Gasteiger partial charge in [0.2, 0.25) is 5.88 Å². The summed E-state index contributed by atoms with van der Waals surface area (Å²) in [5.41, 5.74) is 8.41. The van der Waals surface area contributed by atoms with E-state index >= 15 is 0 Å². The molecular formula is C18H19N3O4S. The summed E-state index contributed by atoms with van der Waals surface area (Å²) in [6, 6.07) is 7.40. The number of aromatic nitrogens is 1. The van der Waals surface area contributed by atoms with E-state index in [1.807, 2.05) is 24.4 Å². The van der Waals surface area contributed by atoms with Gasteiger partial charge in [-0.2, -0.15) is 0 Å². The van der Waals surface area contributed by atoms with E-state index in [1.54, 1.807) is 26.4 Å². The number of nitrogens with two attached hydrogens (primary N) is 1. The SMILES string of the molecule is COc1ccc(CNC(=O)c2c(-c3sccc3C)noc2N)cc1OC. The number of nitrogen functional groups attached to an aromatic ring is 1. The van der Waals surface area contributed by atoms with Crippen molar-refractivity contribution in [2.45, 2.75) is 13.5 Å². The fourth-order valence-electron chi connectivity index (χ4n) is 2.55. The van der Waals surface area contributed by atoms with E-state index in [-0.39, 0.29) is 17.4 Å². The minimum absolute atomic E-state index is 0.00221. The molecule has 3 N–H and O–H groups in total. The van der Waals surface area contributed by atoms with E-state index in [1.165, 1.54) is 11.3 Å². The zero-order valence-electron chi connectivity index (χ0n) is 14.7. The second-order valence-electron chi connectivity index (χ2n) is 5.58. The Morgan fingerprint density at radius 2 is 2.04 bits per heavy atom. The standard InChI is InChI=1S/C18H19N3O4S/c1-10-6-7-26-16(10)15-14(17(19)25-21-15)18(22)20-9-11-4-5-12(23-2)13(8-11)24-3/h4-8H,9,19H2,1-3H3,(H,20,22). The molecule has 1 aromatic carbocycles. The van der Waals surface area contributed by atoms with Crippen LogP contribution in [0.5, 0.6) is 11.5 Å². The molecule has 0 saturated carbocycles. The van der Waals surface area contributed by atoms with Crippen molar-refractivity contribution in [1.29, 1.82) is 0 Å². The molecular weight excluding hydrogens is 354 g/mol. The minimum Gasteiger partial charge on any atom is -0.493 e. The number of hydrogen-bond acceptors (Lipinski definition) is 7. The third-order valence-corrected chi connectivity index (χ3v) is 4.95. The normalized spacial score (nSPS) is 10.6. The number of thiophene rings is 1. The highest BCUT2D eigenvalue weighted by Gasteiger charge is 2.24. The Bertz CT molecular complexity index is 932. The Balaban J connectivity index is 1.80. The molecule has 0 radical (unpaired) electrons. The first kappa shape index (κ1) is 17.8. The van der Waals surface area contributed by atoms with Gasteiger partial charge in [-0.25, -0.2) is 0 Å². The number of rotatable bonds is 6. The Morgan fingerprint density at radius 3 is 2.69 bits per heavy atom. The summed E-state index contributed by atoms with van der Waals surface area (Å²) >= 11 is 1.48. The van der Waals surface area contributed by atoms with Crippen molar-refractivity contribution in [3.63, 3.8) is 0 Å². The van der Waals surface area contributed by atoms with Gasteiger partial charge >= 0.3 is 0 Å². The Hall–Kier alpha value is -3.00. The summed E-state index contributed by atoms with van der Waals surface area (Å²) in [5.74, 6) is 0.874. The summed E-state index contributed by atoms with van der Waals surface area (Å²) in [6.07, 6.45) is 0. The molecule has 0 saturated heterocycles. The van der Waals surface area contributed by atoms with E-state index in [0.717, 1.165) is 16.0 Å². The molecule has 3 aromatic rings. The number of methoxy groups -OCH3 is 2. The van der Waals surface area contributed by atoms with Crippen LogP contribution in [0.4, 0.5) is 5.88 Å². The highest BCUT2D eigenvalue weighted by molar-refractivity contribution is 7.13. The lowest BCUT2D eigenvalue weighted by atomic mass is 10.1. The molecule has 0 spiro atoms. The molecule has 26 heavy (non-hydrogen) atoms. The number of amides is 1. The lowest BCUT2D eigenvalue weighted by molar-refractivity contribution is 0.0952. The number of benzene rings is 1. The lowest BCUT2D eigenvalue weighted by Gasteiger charge is -2.10. The van der Waals surface area contributed by atoms with Crippen LogP contribution in [-0.2, 0) is 6.54 Å². The van der Waals surface area contributed by atoms with Gasteiger partial charge in [-0.15, -0.1) is 11.3 Å². The largest absolute Gasteiger partial charge is 0.493 e. The number of aryl methyl sites for hydroxylation is 1. The molecule has 2 heterocycles. The number of carbonyl (C=O) groups excluding carboxylic acids is 1. The zero-order valence-corrected chi connectivity index (χ0v) is 15.5. The van der Waals surface area contributed by atoms with Crippen LogP contribution in [0.15, 0.2) is 34.2 Å². The molecule has 0 aliphatic heterocycles. The van der Waals surface area contributed by atoms with Gasteiger partial charge in [0.05, 0.1) is 19.1 Å². The molecule has 0 fully saturated rings. The van der Waals surface area contributed by atoms with Crippen LogP contribution in [0.25, 0.3) is 10.6 Å². The maximum atomic E-state index is 12.7. The monoisotopic (exact) mass is 373 g/mol. The Morgan fingerprint density at radius 1 is 1.27 bits per heavy atom. The van der Waals surface area contributed by atoms with Crippen LogP contribution in [0.1, 0.15) is 21.5 Å². The molecule has 8 heteroatoms. The Labute approximate surface area is 154 Å². The van der Waals surface area contributed by atoms with Crippen LogP contribution in [0.3, 0.4) is 0 Å². The minimum atomic E-state index is -0.346. The van der Waals surface area contributed by atoms with E-state index in [0.29, 0.717) is 23.7 Å². The Kier molecular flexibility index (Phi) is 5.13.